The molecule has 0 aliphatic carbocycles. The molecular formula is C13H21NO2S2. The predicted molar refractivity (Wildman–Crippen MR) is 79.0 cm³/mol. The van der Waals surface area contributed by atoms with Gasteiger partial charge in [0.1, 0.15) is 9.84 Å². The lowest BCUT2D eigenvalue weighted by molar-refractivity contribution is 0.603. The summed E-state index contributed by atoms with van der Waals surface area (Å²) in [5.41, 5.74) is 2.48. The molecule has 102 valence electrons. The molecule has 1 aromatic rings. The molecule has 1 rings (SSSR count). The highest BCUT2D eigenvalue weighted by atomic mass is 32.2. The van der Waals surface area contributed by atoms with Crippen molar-refractivity contribution >= 4 is 21.6 Å². The standard InChI is InChI=1S/C13H21NO2S2/c1-4-14-10-12-9-11(2)5-6-13(12)17-7-8-18(3,15)16/h5-6,9,14H,4,7-8,10H2,1-3H3. The van der Waals surface area contributed by atoms with Gasteiger partial charge >= 0.3 is 0 Å². The highest BCUT2D eigenvalue weighted by Gasteiger charge is 2.06. The zero-order valence-corrected chi connectivity index (χ0v) is 12.8. The number of hydrogen-bond acceptors (Lipinski definition) is 4. The van der Waals surface area contributed by atoms with Crippen LogP contribution in [0.1, 0.15) is 18.1 Å². The van der Waals surface area contributed by atoms with Crippen LogP contribution in [0.5, 0.6) is 0 Å². The quantitative estimate of drug-likeness (QED) is 0.781. The first-order valence-electron chi connectivity index (χ1n) is 6.03. The number of aryl methyl sites for hydroxylation is 1. The van der Waals surface area contributed by atoms with Crippen LogP contribution < -0.4 is 5.32 Å². The molecule has 0 fully saturated rings. The van der Waals surface area contributed by atoms with E-state index in [1.54, 1.807) is 11.8 Å². The summed E-state index contributed by atoms with van der Waals surface area (Å²) in [6.45, 7) is 5.91. The van der Waals surface area contributed by atoms with Crippen molar-refractivity contribution in [1.82, 2.24) is 5.32 Å². The molecule has 0 aliphatic rings. The Morgan fingerprint density at radius 3 is 2.67 bits per heavy atom. The van der Waals surface area contributed by atoms with Crippen LogP contribution in [0.15, 0.2) is 23.1 Å². The van der Waals surface area contributed by atoms with Gasteiger partial charge in [-0.3, -0.25) is 0 Å². The summed E-state index contributed by atoms with van der Waals surface area (Å²) >= 11 is 1.61. The third kappa shape index (κ3) is 5.89. The zero-order chi connectivity index (χ0) is 13.6. The summed E-state index contributed by atoms with van der Waals surface area (Å²) in [5.74, 6) is 0.840. The van der Waals surface area contributed by atoms with Crippen LogP contribution in [0.25, 0.3) is 0 Å². The Balaban J connectivity index is 2.68. The minimum absolute atomic E-state index is 0.228. The highest BCUT2D eigenvalue weighted by Crippen LogP contribution is 2.24. The maximum absolute atomic E-state index is 11.1. The van der Waals surface area contributed by atoms with E-state index in [0.717, 1.165) is 13.1 Å². The summed E-state index contributed by atoms with van der Waals surface area (Å²) in [6.07, 6.45) is 1.28. The first-order valence-corrected chi connectivity index (χ1v) is 9.07. The fourth-order valence-electron chi connectivity index (χ4n) is 1.55. The molecule has 3 nitrogen and oxygen atoms in total. The van der Waals surface area contributed by atoms with E-state index in [4.69, 9.17) is 0 Å². The van der Waals surface area contributed by atoms with E-state index in [-0.39, 0.29) is 5.75 Å². The molecule has 0 heterocycles. The Labute approximate surface area is 114 Å². The second-order valence-electron chi connectivity index (χ2n) is 4.37. The van der Waals surface area contributed by atoms with Crippen molar-refractivity contribution in [2.45, 2.75) is 25.3 Å². The van der Waals surface area contributed by atoms with Gasteiger partial charge in [-0.25, -0.2) is 8.42 Å². The molecule has 0 unspecified atom stereocenters. The topological polar surface area (TPSA) is 46.2 Å². The molecule has 0 aliphatic heterocycles. The monoisotopic (exact) mass is 287 g/mol. The highest BCUT2D eigenvalue weighted by molar-refractivity contribution is 8.00. The molecule has 0 spiro atoms. The lowest BCUT2D eigenvalue weighted by atomic mass is 10.1. The van der Waals surface area contributed by atoms with Gasteiger partial charge in [-0.05, 0) is 25.1 Å². The molecule has 1 N–H and O–H groups in total. The van der Waals surface area contributed by atoms with Crippen LogP contribution in [0.2, 0.25) is 0 Å². The third-order valence-electron chi connectivity index (χ3n) is 2.49. The Morgan fingerprint density at radius 1 is 1.33 bits per heavy atom. The fraction of sp³-hybridized carbons (Fsp3) is 0.538. The van der Waals surface area contributed by atoms with Gasteiger partial charge in [0, 0.05) is 23.4 Å². The van der Waals surface area contributed by atoms with Crippen LogP contribution in [0.4, 0.5) is 0 Å². The average Bonchev–Trinajstić information content (AvgIpc) is 2.27. The first-order chi connectivity index (χ1) is 8.42. The summed E-state index contributed by atoms with van der Waals surface area (Å²) in [5, 5.41) is 3.31. The van der Waals surface area contributed by atoms with E-state index in [9.17, 15) is 8.42 Å². The van der Waals surface area contributed by atoms with Crippen molar-refractivity contribution in [1.29, 1.82) is 0 Å². The van der Waals surface area contributed by atoms with E-state index in [1.807, 2.05) is 0 Å². The van der Waals surface area contributed by atoms with Gasteiger partial charge in [0.15, 0.2) is 0 Å². The molecule has 0 aromatic heterocycles. The summed E-state index contributed by atoms with van der Waals surface area (Å²) in [6, 6.07) is 6.30. The van der Waals surface area contributed by atoms with Gasteiger partial charge in [-0.1, -0.05) is 24.6 Å². The Kier molecular flexibility index (Phi) is 6.18. The van der Waals surface area contributed by atoms with Crippen molar-refractivity contribution in [2.24, 2.45) is 0 Å². The van der Waals surface area contributed by atoms with Crippen molar-refractivity contribution in [2.75, 3.05) is 24.3 Å². The lowest BCUT2D eigenvalue weighted by Gasteiger charge is -2.10. The van der Waals surface area contributed by atoms with E-state index >= 15 is 0 Å². The maximum atomic E-state index is 11.1. The van der Waals surface area contributed by atoms with Gasteiger partial charge < -0.3 is 5.32 Å². The van der Waals surface area contributed by atoms with Crippen molar-refractivity contribution < 1.29 is 8.42 Å². The van der Waals surface area contributed by atoms with E-state index in [1.165, 1.54) is 22.3 Å². The largest absolute Gasteiger partial charge is 0.313 e. The van der Waals surface area contributed by atoms with E-state index in [2.05, 4.69) is 37.4 Å². The zero-order valence-electron chi connectivity index (χ0n) is 11.2. The molecule has 5 heteroatoms. The Hall–Kier alpha value is -0.520. The Morgan fingerprint density at radius 2 is 2.06 bits per heavy atom. The first kappa shape index (κ1) is 15.5. The molecular weight excluding hydrogens is 266 g/mol. The number of hydrogen-bond donors (Lipinski definition) is 1. The second kappa shape index (κ2) is 7.16. The predicted octanol–water partition coefficient (Wildman–Crippen LogP) is 2.24. The van der Waals surface area contributed by atoms with Gasteiger partial charge in [-0.2, -0.15) is 0 Å². The molecule has 0 amide bonds. The van der Waals surface area contributed by atoms with Crippen LogP contribution in [-0.2, 0) is 16.4 Å². The van der Waals surface area contributed by atoms with E-state index < -0.39 is 9.84 Å². The summed E-state index contributed by atoms with van der Waals surface area (Å²) in [4.78, 5) is 1.17. The van der Waals surface area contributed by atoms with Crippen molar-refractivity contribution in [3.05, 3.63) is 29.3 Å². The summed E-state index contributed by atoms with van der Waals surface area (Å²) in [7, 11) is -2.87. The average molecular weight is 287 g/mol. The molecule has 0 saturated carbocycles. The summed E-state index contributed by atoms with van der Waals surface area (Å²) < 4.78 is 22.2. The molecule has 0 atom stereocenters. The van der Waals surface area contributed by atoms with Crippen molar-refractivity contribution in [3.63, 3.8) is 0 Å². The normalized spacial score (nSPS) is 11.7. The Bertz CT molecular complexity index is 484. The number of nitrogens with one attached hydrogen (secondary N) is 1. The van der Waals surface area contributed by atoms with Gasteiger partial charge in [0.25, 0.3) is 0 Å². The molecule has 18 heavy (non-hydrogen) atoms. The SMILES string of the molecule is CCNCc1cc(C)ccc1SCCS(C)(=O)=O. The maximum Gasteiger partial charge on any atom is 0.148 e. The van der Waals surface area contributed by atoms with Gasteiger partial charge in [0.2, 0.25) is 0 Å². The van der Waals surface area contributed by atoms with Crippen LogP contribution >= 0.6 is 11.8 Å². The third-order valence-corrected chi connectivity index (χ3v) is 4.81. The smallest absolute Gasteiger partial charge is 0.148 e. The number of rotatable bonds is 7. The fourth-order valence-corrected chi connectivity index (χ4v) is 3.79. The molecule has 1 aromatic carbocycles. The molecule has 0 saturated heterocycles. The number of benzene rings is 1. The second-order valence-corrected chi connectivity index (χ2v) is 7.77. The number of thioether (sulfide) groups is 1. The minimum Gasteiger partial charge on any atom is -0.313 e. The van der Waals surface area contributed by atoms with Crippen LogP contribution in [0, 0.1) is 6.92 Å². The number of sulfone groups is 1. The molecule has 0 radical (unpaired) electrons. The van der Waals surface area contributed by atoms with E-state index in [0.29, 0.717) is 5.75 Å². The van der Waals surface area contributed by atoms with Crippen molar-refractivity contribution in [3.8, 4) is 0 Å². The van der Waals surface area contributed by atoms with Crippen LogP contribution in [0.3, 0.4) is 0 Å². The van der Waals surface area contributed by atoms with Gasteiger partial charge in [0.05, 0.1) is 5.75 Å². The van der Waals surface area contributed by atoms with Crippen LogP contribution in [-0.4, -0.2) is 32.7 Å². The van der Waals surface area contributed by atoms with Gasteiger partial charge in [-0.15, -0.1) is 11.8 Å². The lowest BCUT2D eigenvalue weighted by Crippen LogP contribution is -2.13. The minimum atomic E-state index is -2.87. The molecule has 0 bridgehead atoms.